The zero-order valence-corrected chi connectivity index (χ0v) is 23.4. The van der Waals surface area contributed by atoms with Crippen LogP contribution >= 0.6 is 0 Å². The Labute approximate surface area is 245 Å². The second kappa shape index (κ2) is 10.6. The molecule has 0 aliphatic heterocycles. The predicted octanol–water partition coefficient (Wildman–Crippen LogP) is 5.24. The van der Waals surface area contributed by atoms with Crippen molar-refractivity contribution >= 4 is 31.2 Å². The molecule has 1 heterocycles. The van der Waals surface area contributed by atoms with Crippen molar-refractivity contribution in [1.29, 1.82) is 0 Å². The fourth-order valence-corrected chi connectivity index (χ4v) is 7.03. The summed E-state index contributed by atoms with van der Waals surface area (Å²) in [5.41, 5.74) is -4.72. The molecule has 1 aliphatic rings. The molecule has 0 fully saturated rings. The molecule has 0 atom stereocenters. The van der Waals surface area contributed by atoms with E-state index in [1.165, 1.54) is 24.3 Å². The molecule has 0 N–H and O–H groups in total. The molecule has 0 unspecified atom stereocenters. The Bertz CT molecular complexity index is 1890. The normalized spacial score (nSPS) is 13.9. The van der Waals surface area contributed by atoms with Gasteiger partial charge in [-0.2, -0.15) is 26.3 Å². The van der Waals surface area contributed by atoms with Crippen LogP contribution < -0.4 is 0 Å². The smallest absolute Gasteiger partial charge is 0.287 e. The third-order valence-electron chi connectivity index (χ3n) is 6.63. The highest BCUT2D eigenvalue weighted by atomic mass is 32.2. The summed E-state index contributed by atoms with van der Waals surface area (Å²) in [6.07, 6.45) is -9.51. The molecule has 5 rings (SSSR count). The van der Waals surface area contributed by atoms with E-state index in [2.05, 4.69) is 9.97 Å². The lowest BCUT2D eigenvalue weighted by Gasteiger charge is -2.19. The SMILES string of the molecule is O=C1c2ccccc2C(=O)c2nc(CS(=O)(=O)c3ccc(C(F)(F)F)cc3)c(CS(=O)(=O)c3ccc(C(F)(F)F)cc3)nc21. The summed E-state index contributed by atoms with van der Waals surface area (Å²) < 4.78 is 131. The molecule has 0 saturated heterocycles. The largest absolute Gasteiger partial charge is 0.416 e. The van der Waals surface area contributed by atoms with E-state index in [0.29, 0.717) is 48.5 Å². The first-order valence-corrected chi connectivity index (χ1v) is 15.6. The van der Waals surface area contributed by atoms with E-state index in [1.54, 1.807) is 0 Å². The van der Waals surface area contributed by atoms with Crippen LogP contribution in [0, 0.1) is 0 Å². The molecule has 4 aromatic rings. The molecule has 3 aromatic carbocycles. The van der Waals surface area contributed by atoms with Crippen molar-refractivity contribution in [2.45, 2.75) is 33.6 Å². The maximum absolute atomic E-state index is 13.2. The topological polar surface area (TPSA) is 128 Å². The zero-order chi connectivity index (χ0) is 32.2. The molecule has 0 spiro atoms. The lowest BCUT2D eigenvalue weighted by Crippen LogP contribution is -2.27. The summed E-state index contributed by atoms with van der Waals surface area (Å²) in [5.74, 6) is -3.90. The van der Waals surface area contributed by atoms with Gasteiger partial charge in [-0.15, -0.1) is 0 Å². The third-order valence-corrected chi connectivity index (χ3v) is 9.92. The standard InChI is InChI=1S/C28H16F6N2O6S2/c29-27(30,31)15-5-9-17(10-6-15)43(39,40)13-21-22(14-44(41,42)18-11-7-16(8-12-18)28(32,33)34)36-24-23(35-21)25(37)19-3-1-2-4-20(19)26(24)38/h1-12H,13-14H2. The molecule has 16 heteroatoms. The minimum absolute atomic E-state index is 0.0685. The summed E-state index contributed by atoms with van der Waals surface area (Å²) in [6, 6.07) is 10.4. The van der Waals surface area contributed by atoms with Gasteiger partial charge in [0.2, 0.25) is 11.6 Å². The van der Waals surface area contributed by atoms with E-state index in [-0.39, 0.29) is 11.1 Å². The lowest BCUT2D eigenvalue weighted by molar-refractivity contribution is -0.138. The van der Waals surface area contributed by atoms with Gasteiger partial charge in [0.25, 0.3) is 0 Å². The first-order valence-electron chi connectivity index (χ1n) is 12.3. The van der Waals surface area contributed by atoms with Crippen molar-refractivity contribution in [3.63, 3.8) is 0 Å². The number of carbonyl (C=O) groups is 2. The highest BCUT2D eigenvalue weighted by molar-refractivity contribution is 7.91. The van der Waals surface area contributed by atoms with E-state index in [4.69, 9.17) is 0 Å². The number of benzene rings is 3. The fourth-order valence-electron chi connectivity index (χ4n) is 4.42. The molecule has 0 saturated carbocycles. The van der Waals surface area contributed by atoms with Crippen molar-refractivity contribution in [3.05, 3.63) is 118 Å². The van der Waals surface area contributed by atoms with Crippen LogP contribution in [0.3, 0.4) is 0 Å². The van der Waals surface area contributed by atoms with Gasteiger partial charge in [-0.1, -0.05) is 24.3 Å². The van der Waals surface area contributed by atoms with E-state index >= 15 is 0 Å². The van der Waals surface area contributed by atoms with E-state index in [0.717, 1.165) is 0 Å². The Hall–Kier alpha value is -4.44. The van der Waals surface area contributed by atoms with Crippen LogP contribution in [0.4, 0.5) is 26.3 Å². The number of nitrogens with zero attached hydrogens (tertiary/aromatic N) is 2. The van der Waals surface area contributed by atoms with Gasteiger partial charge in [0, 0.05) is 11.1 Å². The van der Waals surface area contributed by atoms with Gasteiger partial charge < -0.3 is 0 Å². The number of carbonyl (C=O) groups excluding carboxylic acids is 2. The Morgan fingerprint density at radius 3 is 1.14 bits per heavy atom. The van der Waals surface area contributed by atoms with Crippen molar-refractivity contribution in [2.24, 2.45) is 0 Å². The summed E-state index contributed by atoms with van der Waals surface area (Å²) in [7, 11) is -9.09. The van der Waals surface area contributed by atoms with Gasteiger partial charge in [-0.05, 0) is 48.5 Å². The molecule has 1 aliphatic carbocycles. The maximum atomic E-state index is 13.2. The van der Waals surface area contributed by atoms with Crippen molar-refractivity contribution < 1.29 is 52.8 Å². The fraction of sp³-hybridized carbons (Fsp3) is 0.143. The number of fused-ring (bicyclic) bond motifs is 2. The van der Waals surface area contributed by atoms with Crippen LogP contribution in [0.15, 0.2) is 82.6 Å². The average molecular weight is 655 g/mol. The van der Waals surface area contributed by atoms with Gasteiger partial charge >= 0.3 is 12.4 Å². The average Bonchev–Trinajstić information content (AvgIpc) is 2.95. The summed E-state index contributed by atoms with van der Waals surface area (Å²) in [5, 5.41) is 0. The zero-order valence-electron chi connectivity index (χ0n) is 21.8. The first-order chi connectivity index (χ1) is 20.4. The van der Waals surface area contributed by atoms with Gasteiger partial charge in [0.15, 0.2) is 19.7 Å². The Morgan fingerprint density at radius 1 is 0.523 bits per heavy atom. The van der Waals surface area contributed by atoms with Gasteiger partial charge in [-0.25, -0.2) is 26.8 Å². The predicted molar refractivity (Wildman–Crippen MR) is 140 cm³/mol. The summed E-state index contributed by atoms with van der Waals surface area (Å²) in [4.78, 5) is 33.2. The van der Waals surface area contributed by atoms with Gasteiger partial charge in [0.1, 0.15) is 11.4 Å². The monoisotopic (exact) mass is 654 g/mol. The number of aromatic nitrogens is 2. The number of hydrogen-bond acceptors (Lipinski definition) is 8. The highest BCUT2D eigenvalue weighted by Crippen LogP contribution is 2.33. The molecule has 0 radical (unpaired) electrons. The second-order valence-corrected chi connectivity index (χ2v) is 13.6. The lowest BCUT2D eigenvalue weighted by atomic mass is 9.89. The van der Waals surface area contributed by atoms with Crippen LogP contribution in [0.25, 0.3) is 0 Å². The number of halogens is 6. The van der Waals surface area contributed by atoms with Crippen LogP contribution in [-0.4, -0.2) is 38.4 Å². The number of sulfone groups is 2. The van der Waals surface area contributed by atoms with Crippen molar-refractivity contribution in [3.8, 4) is 0 Å². The summed E-state index contributed by atoms with van der Waals surface area (Å²) >= 11 is 0. The van der Waals surface area contributed by atoms with E-state index in [9.17, 15) is 52.8 Å². The van der Waals surface area contributed by atoms with Gasteiger partial charge in [-0.3, -0.25) is 9.59 Å². The number of rotatable bonds is 6. The molecular formula is C28H16F6N2O6S2. The Kier molecular flexibility index (Phi) is 7.48. The quantitative estimate of drug-likeness (QED) is 0.228. The van der Waals surface area contributed by atoms with Crippen LogP contribution in [0.5, 0.6) is 0 Å². The van der Waals surface area contributed by atoms with Crippen LogP contribution in [0.1, 0.15) is 54.6 Å². The Balaban J connectivity index is 1.61. The molecule has 44 heavy (non-hydrogen) atoms. The van der Waals surface area contributed by atoms with Gasteiger partial charge in [0.05, 0.1) is 43.8 Å². The maximum Gasteiger partial charge on any atom is 0.416 e. The number of alkyl halides is 6. The van der Waals surface area contributed by atoms with Crippen LogP contribution in [-0.2, 0) is 43.5 Å². The van der Waals surface area contributed by atoms with E-state index < -0.39 is 98.8 Å². The summed E-state index contributed by atoms with van der Waals surface area (Å²) in [6.45, 7) is 0. The third kappa shape index (κ3) is 5.86. The number of hydrogen-bond donors (Lipinski definition) is 0. The first kappa shape index (κ1) is 31.0. The molecule has 0 bridgehead atoms. The van der Waals surface area contributed by atoms with E-state index in [1.807, 2.05) is 0 Å². The minimum atomic E-state index is -4.75. The highest BCUT2D eigenvalue weighted by Gasteiger charge is 2.36. The molecule has 228 valence electrons. The van der Waals surface area contributed by atoms with Crippen molar-refractivity contribution in [2.75, 3.05) is 0 Å². The van der Waals surface area contributed by atoms with Crippen LogP contribution in [0.2, 0.25) is 0 Å². The molecular weight excluding hydrogens is 638 g/mol. The molecule has 1 aromatic heterocycles. The Morgan fingerprint density at radius 2 is 0.841 bits per heavy atom. The molecule has 8 nitrogen and oxygen atoms in total. The number of ketones is 2. The second-order valence-electron chi connectivity index (χ2n) is 9.58. The molecule has 0 amide bonds. The minimum Gasteiger partial charge on any atom is -0.287 e. The van der Waals surface area contributed by atoms with Crippen molar-refractivity contribution in [1.82, 2.24) is 9.97 Å².